The molecule has 0 saturated heterocycles. The van der Waals surface area contributed by atoms with Gasteiger partial charge in [0.25, 0.3) is 0 Å². The largest absolute Gasteiger partial charge is 0.357 e. The number of aromatic nitrogens is 1. The molecule has 0 unspecified atom stereocenters. The molecule has 132 valence electrons. The number of halogens is 1. The highest BCUT2D eigenvalue weighted by molar-refractivity contribution is 7.15. The van der Waals surface area contributed by atoms with Gasteiger partial charge in [0.1, 0.15) is 10.6 Å². The Morgan fingerprint density at radius 2 is 1.80 bits per heavy atom. The summed E-state index contributed by atoms with van der Waals surface area (Å²) in [5.41, 5.74) is 1.08. The van der Waals surface area contributed by atoms with Crippen molar-refractivity contribution < 1.29 is 9.53 Å². The number of hydrogen-bond acceptors (Lipinski definition) is 4. The van der Waals surface area contributed by atoms with Gasteiger partial charge in [-0.25, -0.2) is 4.98 Å². The highest BCUT2D eigenvalue weighted by atomic mass is 35.5. The third kappa shape index (κ3) is 3.57. The summed E-state index contributed by atoms with van der Waals surface area (Å²) in [6.45, 7) is 9.67. The van der Waals surface area contributed by atoms with E-state index in [2.05, 4.69) is 6.92 Å². The van der Waals surface area contributed by atoms with Crippen LogP contribution >= 0.6 is 22.9 Å². The maximum Gasteiger partial charge on any atom is 0.196 e. The smallest absolute Gasteiger partial charge is 0.196 e. The van der Waals surface area contributed by atoms with E-state index < -0.39 is 11.2 Å². The summed E-state index contributed by atoms with van der Waals surface area (Å²) in [6, 6.07) is 7.63. The third-order valence-electron chi connectivity index (χ3n) is 4.17. The van der Waals surface area contributed by atoms with Crippen LogP contribution in [-0.2, 0) is 16.0 Å². The number of aryl methyl sites for hydroxylation is 1. The highest BCUT2D eigenvalue weighted by Gasteiger charge is 2.42. The van der Waals surface area contributed by atoms with Gasteiger partial charge in [-0.05, 0) is 52.3 Å². The third-order valence-corrected chi connectivity index (χ3v) is 5.67. The minimum absolute atomic E-state index is 0.0190. The summed E-state index contributed by atoms with van der Waals surface area (Å²) in [5.74, 6) is -0.0190. The Morgan fingerprint density at radius 1 is 1.16 bits per heavy atom. The molecule has 0 amide bonds. The zero-order valence-electron chi connectivity index (χ0n) is 15.1. The average molecular weight is 376 g/mol. The van der Waals surface area contributed by atoms with Gasteiger partial charge in [0.15, 0.2) is 5.78 Å². The lowest BCUT2D eigenvalue weighted by Gasteiger charge is -2.38. The molecule has 5 heteroatoms. The number of carbonyl (C=O) groups excluding carboxylic acids is 1. The number of benzene rings is 1. The van der Waals surface area contributed by atoms with E-state index >= 15 is 0 Å². The van der Waals surface area contributed by atoms with Gasteiger partial charge in [0, 0.05) is 21.0 Å². The number of thiazole rings is 1. The Hall–Kier alpha value is -1.49. The SMILES string of the molecule is CCc1sc(-c2ccc(Cl)cc2)nc1C1=CC(C)(C)OC(C)(C)C1=O. The van der Waals surface area contributed by atoms with E-state index in [9.17, 15) is 4.79 Å². The first-order valence-corrected chi connectivity index (χ1v) is 9.56. The first-order valence-electron chi connectivity index (χ1n) is 8.37. The standard InChI is InChI=1S/C20H22ClNO2S/c1-6-15-16(14-11-19(2,3)24-20(4,5)17(14)23)22-18(25-15)12-7-9-13(21)10-8-12/h7-11H,6H2,1-5H3. The molecule has 3 nitrogen and oxygen atoms in total. The minimum atomic E-state index is -0.858. The molecule has 1 aromatic heterocycles. The molecule has 1 aromatic carbocycles. The van der Waals surface area contributed by atoms with Crippen LogP contribution in [0.4, 0.5) is 0 Å². The monoisotopic (exact) mass is 375 g/mol. The van der Waals surface area contributed by atoms with E-state index in [1.807, 2.05) is 58.0 Å². The first kappa shape index (κ1) is 18.3. The first-order chi connectivity index (χ1) is 11.6. The number of ether oxygens (including phenoxy) is 1. The minimum Gasteiger partial charge on any atom is -0.357 e. The second kappa shape index (κ2) is 6.35. The van der Waals surface area contributed by atoms with Gasteiger partial charge >= 0.3 is 0 Å². The van der Waals surface area contributed by atoms with Crippen molar-refractivity contribution in [1.29, 1.82) is 0 Å². The Balaban J connectivity index is 2.12. The number of hydrogen-bond donors (Lipinski definition) is 0. The molecule has 3 rings (SSSR count). The molecule has 0 spiro atoms. The molecule has 0 aliphatic carbocycles. The Labute approximate surface area is 157 Å². The molecule has 1 aliphatic rings. The van der Waals surface area contributed by atoms with Crippen molar-refractivity contribution in [3.8, 4) is 10.6 Å². The van der Waals surface area contributed by atoms with Crippen molar-refractivity contribution >= 4 is 34.3 Å². The zero-order chi connectivity index (χ0) is 18.4. The fraction of sp³-hybridized carbons (Fsp3) is 0.400. The molecular formula is C20H22ClNO2S. The van der Waals surface area contributed by atoms with Crippen LogP contribution in [0.15, 0.2) is 30.3 Å². The van der Waals surface area contributed by atoms with Crippen LogP contribution in [0.5, 0.6) is 0 Å². The summed E-state index contributed by atoms with van der Waals surface area (Å²) < 4.78 is 5.94. The molecule has 0 fully saturated rings. The van der Waals surface area contributed by atoms with E-state index in [1.54, 1.807) is 11.3 Å². The van der Waals surface area contributed by atoms with Gasteiger partial charge in [-0.15, -0.1) is 11.3 Å². The van der Waals surface area contributed by atoms with E-state index in [-0.39, 0.29) is 5.78 Å². The van der Waals surface area contributed by atoms with Crippen LogP contribution in [-0.4, -0.2) is 22.0 Å². The topological polar surface area (TPSA) is 39.2 Å². The van der Waals surface area contributed by atoms with Crippen molar-refractivity contribution in [1.82, 2.24) is 4.98 Å². The molecule has 25 heavy (non-hydrogen) atoms. The van der Waals surface area contributed by atoms with Crippen LogP contribution in [0.1, 0.15) is 45.2 Å². The predicted octanol–water partition coefficient (Wildman–Crippen LogP) is 5.57. The molecule has 1 aliphatic heterocycles. The van der Waals surface area contributed by atoms with Gasteiger partial charge in [-0.2, -0.15) is 0 Å². The quantitative estimate of drug-likeness (QED) is 0.704. The molecule has 0 radical (unpaired) electrons. The van der Waals surface area contributed by atoms with Crippen molar-refractivity contribution in [2.75, 3.05) is 0 Å². The van der Waals surface area contributed by atoms with E-state index in [4.69, 9.17) is 21.3 Å². The molecular weight excluding hydrogens is 354 g/mol. The molecule has 2 heterocycles. The van der Waals surface area contributed by atoms with Gasteiger partial charge in [-0.1, -0.05) is 30.7 Å². The second-order valence-corrected chi connectivity index (χ2v) is 8.77. The normalized spacial score (nSPS) is 19.0. The lowest BCUT2D eigenvalue weighted by Crippen LogP contribution is -2.46. The summed E-state index contributed by atoms with van der Waals surface area (Å²) in [7, 11) is 0. The van der Waals surface area contributed by atoms with Crippen molar-refractivity contribution in [3.05, 3.63) is 45.9 Å². The Bertz CT molecular complexity index is 847. The number of nitrogens with zero attached hydrogens (tertiary/aromatic N) is 1. The van der Waals surface area contributed by atoms with Gasteiger partial charge < -0.3 is 4.74 Å². The Kier molecular flexibility index (Phi) is 4.65. The van der Waals surface area contributed by atoms with Crippen LogP contribution in [0.2, 0.25) is 5.02 Å². The predicted molar refractivity (Wildman–Crippen MR) is 104 cm³/mol. The summed E-state index contributed by atoms with van der Waals surface area (Å²) in [5, 5.41) is 1.60. The Morgan fingerprint density at radius 3 is 2.40 bits per heavy atom. The van der Waals surface area contributed by atoms with Gasteiger partial charge in [0.2, 0.25) is 0 Å². The van der Waals surface area contributed by atoms with Crippen LogP contribution in [0.3, 0.4) is 0 Å². The molecule has 0 bridgehead atoms. The number of ketones is 1. The van der Waals surface area contributed by atoms with Crippen LogP contribution in [0, 0.1) is 0 Å². The summed E-state index contributed by atoms with van der Waals surface area (Å²) in [4.78, 5) is 18.9. The van der Waals surface area contributed by atoms with E-state index in [0.717, 1.165) is 27.6 Å². The van der Waals surface area contributed by atoms with Crippen molar-refractivity contribution in [2.24, 2.45) is 0 Å². The maximum atomic E-state index is 12.9. The van der Waals surface area contributed by atoms with E-state index in [0.29, 0.717) is 10.6 Å². The highest BCUT2D eigenvalue weighted by Crippen LogP contribution is 2.39. The fourth-order valence-electron chi connectivity index (χ4n) is 3.16. The molecule has 0 N–H and O–H groups in total. The zero-order valence-corrected chi connectivity index (χ0v) is 16.7. The fourth-order valence-corrected chi connectivity index (χ4v) is 4.31. The number of carbonyl (C=O) groups is 1. The van der Waals surface area contributed by atoms with E-state index in [1.165, 1.54) is 0 Å². The van der Waals surface area contributed by atoms with Crippen LogP contribution < -0.4 is 0 Å². The average Bonchev–Trinajstić information content (AvgIpc) is 2.94. The summed E-state index contributed by atoms with van der Waals surface area (Å²) >= 11 is 7.61. The number of Topliss-reactive ketones (excluding diaryl/α,β-unsaturated/α-hetero) is 1. The lowest BCUT2D eigenvalue weighted by molar-refractivity contribution is -0.150. The van der Waals surface area contributed by atoms with Gasteiger partial charge in [-0.3, -0.25) is 4.79 Å². The summed E-state index contributed by atoms with van der Waals surface area (Å²) in [6.07, 6.45) is 2.73. The maximum absolute atomic E-state index is 12.9. The van der Waals surface area contributed by atoms with Crippen molar-refractivity contribution in [2.45, 2.75) is 52.2 Å². The van der Waals surface area contributed by atoms with Crippen LogP contribution in [0.25, 0.3) is 16.1 Å². The molecule has 2 aromatic rings. The lowest BCUT2D eigenvalue weighted by atomic mass is 9.86. The van der Waals surface area contributed by atoms with Crippen molar-refractivity contribution in [3.63, 3.8) is 0 Å². The molecule has 0 atom stereocenters. The number of rotatable bonds is 3. The van der Waals surface area contributed by atoms with Gasteiger partial charge in [0.05, 0.1) is 11.3 Å². The second-order valence-electron chi connectivity index (χ2n) is 7.25. The molecule has 0 saturated carbocycles.